The fourth-order valence-corrected chi connectivity index (χ4v) is 7.71. The fraction of sp³-hybridized carbons (Fsp3) is 0.122. The van der Waals surface area contributed by atoms with Crippen LogP contribution in [0.1, 0.15) is 65.0 Å². The zero-order chi connectivity index (χ0) is 32.8. The largest absolute Gasteiger partial charge is 0.494 e. The van der Waals surface area contributed by atoms with Crippen LogP contribution in [0.15, 0.2) is 97.1 Å². The third-order valence-corrected chi connectivity index (χ3v) is 9.99. The lowest BCUT2D eigenvalue weighted by Gasteiger charge is -2.30. The van der Waals surface area contributed by atoms with Gasteiger partial charge in [-0.15, -0.1) is 0 Å². The molecule has 0 radical (unpaired) electrons. The summed E-state index contributed by atoms with van der Waals surface area (Å²) in [7, 11) is 0. The Kier molecular flexibility index (Phi) is 5.99. The summed E-state index contributed by atoms with van der Waals surface area (Å²) in [6.45, 7) is 4.63. The highest BCUT2D eigenvalue weighted by Gasteiger charge is 2.37. The number of fused-ring (bicyclic) bond motifs is 2. The zero-order valence-electron chi connectivity index (χ0n) is 26.3. The highest BCUT2D eigenvalue weighted by Crippen LogP contribution is 2.46. The minimum absolute atomic E-state index is 0.0921. The Morgan fingerprint density at radius 3 is 1.31 bits per heavy atom. The van der Waals surface area contributed by atoms with E-state index in [1.165, 1.54) is 9.80 Å². The summed E-state index contributed by atoms with van der Waals surface area (Å²) in [5.74, 6) is -0.717. The number of para-hydroxylation sites is 1. The van der Waals surface area contributed by atoms with E-state index in [4.69, 9.17) is 4.74 Å². The van der Waals surface area contributed by atoms with Crippen molar-refractivity contribution in [1.82, 2.24) is 9.80 Å². The van der Waals surface area contributed by atoms with Gasteiger partial charge in [-0.1, -0.05) is 66.7 Å². The van der Waals surface area contributed by atoms with Crippen molar-refractivity contribution in [2.75, 3.05) is 6.61 Å². The van der Waals surface area contributed by atoms with Crippen LogP contribution in [0.5, 0.6) is 5.75 Å². The molecule has 0 unspecified atom stereocenters. The van der Waals surface area contributed by atoms with E-state index in [9.17, 15) is 19.2 Å². The molecule has 0 fully saturated rings. The van der Waals surface area contributed by atoms with Crippen LogP contribution in [-0.2, 0) is 13.1 Å². The first-order chi connectivity index (χ1) is 23.4. The van der Waals surface area contributed by atoms with Crippen molar-refractivity contribution in [3.05, 3.63) is 136 Å². The first-order valence-corrected chi connectivity index (χ1v) is 16.0. The van der Waals surface area contributed by atoms with Crippen LogP contribution in [0.25, 0.3) is 43.1 Å². The molecule has 232 valence electrons. The van der Waals surface area contributed by atoms with Gasteiger partial charge in [0.2, 0.25) is 0 Å². The Labute approximate surface area is 275 Å². The second-order valence-electron chi connectivity index (χ2n) is 12.5. The molecule has 0 aromatic heterocycles. The van der Waals surface area contributed by atoms with E-state index in [2.05, 4.69) is 0 Å². The van der Waals surface area contributed by atoms with E-state index in [0.29, 0.717) is 45.4 Å². The van der Waals surface area contributed by atoms with E-state index in [1.54, 1.807) is 24.3 Å². The normalized spacial score (nSPS) is 14.4. The summed E-state index contributed by atoms with van der Waals surface area (Å²) < 4.78 is 5.78. The predicted molar refractivity (Wildman–Crippen MR) is 185 cm³/mol. The van der Waals surface area contributed by atoms with Gasteiger partial charge in [-0.05, 0) is 87.6 Å². The average Bonchev–Trinajstić information content (AvgIpc) is 3.10. The number of carbonyl (C=O) groups is 4. The molecule has 0 aliphatic carbocycles. The monoisotopic (exact) mass is 628 g/mol. The predicted octanol–water partition coefficient (Wildman–Crippen LogP) is 8.04. The van der Waals surface area contributed by atoms with Crippen LogP contribution in [0.2, 0.25) is 0 Å². The minimum atomic E-state index is -0.358. The van der Waals surface area contributed by atoms with E-state index < -0.39 is 0 Å². The molecule has 9 rings (SSSR count). The summed E-state index contributed by atoms with van der Waals surface area (Å²) in [6, 6.07) is 30.1. The molecule has 0 atom stereocenters. The Bertz CT molecular complexity index is 2470. The van der Waals surface area contributed by atoms with Crippen molar-refractivity contribution in [2.45, 2.75) is 26.9 Å². The van der Waals surface area contributed by atoms with Crippen LogP contribution in [-0.4, -0.2) is 40.0 Å². The number of hydrogen-bond donors (Lipinski definition) is 0. The third-order valence-electron chi connectivity index (χ3n) is 9.99. The third kappa shape index (κ3) is 3.75. The summed E-state index contributed by atoms with van der Waals surface area (Å²) in [6.07, 6.45) is 0. The molecule has 7 aromatic rings. The van der Waals surface area contributed by atoms with Crippen molar-refractivity contribution >= 4 is 66.7 Å². The molecule has 7 heteroatoms. The van der Waals surface area contributed by atoms with Crippen LogP contribution in [0.4, 0.5) is 0 Å². The van der Waals surface area contributed by atoms with Gasteiger partial charge < -0.3 is 4.74 Å². The molecular formula is C41H28N2O5. The maximum Gasteiger partial charge on any atom is 0.261 e. The number of rotatable bonds is 6. The molecule has 0 saturated carbocycles. The number of hydrogen-bond acceptors (Lipinski definition) is 5. The summed E-state index contributed by atoms with van der Waals surface area (Å²) >= 11 is 0. The Hall–Kier alpha value is -6.08. The molecule has 7 nitrogen and oxygen atoms in total. The lowest BCUT2D eigenvalue weighted by Crippen LogP contribution is -2.40. The Morgan fingerprint density at radius 2 is 0.875 bits per heavy atom. The molecule has 7 aromatic carbocycles. The van der Waals surface area contributed by atoms with E-state index >= 15 is 0 Å². The second-order valence-corrected chi connectivity index (χ2v) is 12.5. The van der Waals surface area contributed by atoms with Gasteiger partial charge in [0.1, 0.15) is 5.75 Å². The molecule has 0 N–H and O–H groups in total. The van der Waals surface area contributed by atoms with Gasteiger partial charge in [0.25, 0.3) is 23.6 Å². The number of carbonyl (C=O) groups excluding carboxylic acids is 4. The molecule has 2 aliphatic rings. The SMILES string of the molecule is CCOc1ccccc1CN1C(=O)c2ccc3c4ccc5c6c(ccc(c7ccc(c2c37)C1=O)c64)C(=O)N(Cc1ccccc1C)C5=O. The molecule has 0 bridgehead atoms. The van der Waals surface area contributed by atoms with Gasteiger partial charge in [0.15, 0.2) is 0 Å². The number of benzene rings is 7. The fourth-order valence-electron chi connectivity index (χ4n) is 7.71. The first-order valence-electron chi connectivity index (χ1n) is 16.0. The van der Waals surface area contributed by atoms with E-state index in [1.807, 2.05) is 86.6 Å². The van der Waals surface area contributed by atoms with Gasteiger partial charge in [0.05, 0.1) is 19.7 Å². The van der Waals surface area contributed by atoms with E-state index in [-0.39, 0.29) is 36.7 Å². The quantitative estimate of drug-likeness (QED) is 0.106. The number of aryl methyl sites for hydroxylation is 1. The van der Waals surface area contributed by atoms with Crippen molar-refractivity contribution in [1.29, 1.82) is 0 Å². The minimum Gasteiger partial charge on any atom is -0.494 e. The highest BCUT2D eigenvalue weighted by atomic mass is 16.5. The number of imide groups is 2. The summed E-state index contributed by atoms with van der Waals surface area (Å²) in [5.41, 5.74) is 4.59. The topological polar surface area (TPSA) is 84.0 Å². The van der Waals surface area contributed by atoms with Crippen molar-refractivity contribution < 1.29 is 23.9 Å². The number of nitrogens with zero attached hydrogens (tertiary/aromatic N) is 2. The first kappa shape index (κ1) is 28.2. The highest BCUT2D eigenvalue weighted by molar-refractivity contribution is 6.41. The number of amides is 4. The summed E-state index contributed by atoms with van der Waals surface area (Å²) in [4.78, 5) is 58.6. The van der Waals surface area contributed by atoms with Crippen LogP contribution < -0.4 is 4.74 Å². The van der Waals surface area contributed by atoms with Crippen LogP contribution >= 0.6 is 0 Å². The number of ether oxygens (including phenoxy) is 1. The van der Waals surface area contributed by atoms with Gasteiger partial charge in [0, 0.05) is 38.6 Å². The Morgan fingerprint density at radius 1 is 0.479 bits per heavy atom. The smallest absolute Gasteiger partial charge is 0.261 e. The molecular weight excluding hydrogens is 600 g/mol. The van der Waals surface area contributed by atoms with Gasteiger partial charge in [-0.25, -0.2) is 0 Å². The van der Waals surface area contributed by atoms with Crippen LogP contribution in [0.3, 0.4) is 0 Å². The van der Waals surface area contributed by atoms with Gasteiger partial charge in [-0.3, -0.25) is 29.0 Å². The maximum absolute atomic E-state index is 14.0. The Balaban J connectivity index is 1.21. The summed E-state index contributed by atoms with van der Waals surface area (Å²) in [5, 5.41) is 6.38. The van der Waals surface area contributed by atoms with Crippen LogP contribution in [0, 0.1) is 6.92 Å². The standard InChI is InChI=1S/C41H28N2O5/c1-3-48-33-11-7-6-10-24(33)21-43-40(46)31-18-14-27-25-12-16-29-36-30(39(45)42(38(29)44)20-23-9-5-4-8-22(23)2)17-13-26(34(25)36)28-15-19-32(41(43)47)37(31)35(27)28/h4-19H,3,20-21H2,1-2H3. The van der Waals surface area contributed by atoms with Crippen molar-refractivity contribution in [2.24, 2.45) is 0 Å². The zero-order valence-corrected chi connectivity index (χ0v) is 26.3. The molecule has 2 aliphatic heterocycles. The van der Waals surface area contributed by atoms with E-state index in [0.717, 1.165) is 49.0 Å². The van der Waals surface area contributed by atoms with Crippen molar-refractivity contribution in [3.8, 4) is 5.75 Å². The molecule has 0 saturated heterocycles. The second kappa shape index (κ2) is 10.2. The van der Waals surface area contributed by atoms with Crippen molar-refractivity contribution in [3.63, 3.8) is 0 Å². The maximum atomic E-state index is 14.0. The average molecular weight is 629 g/mol. The molecule has 48 heavy (non-hydrogen) atoms. The molecule has 4 amide bonds. The lowest BCUT2D eigenvalue weighted by molar-refractivity contribution is 0.0582. The molecule has 0 spiro atoms. The lowest BCUT2D eigenvalue weighted by atomic mass is 9.82. The van der Waals surface area contributed by atoms with Gasteiger partial charge >= 0.3 is 0 Å². The van der Waals surface area contributed by atoms with Gasteiger partial charge in [-0.2, -0.15) is 0 Å². The molecule has 2 heterocycles.